The Morgan fingerprint density at radius 3 is 2.39 bits per heavy atom. The molecule has 0 amide bonds. The Hall–Kier alpha value is -3.20. The van der Waals surface area contributed by atoms with Crippen molar-refractivity contribution in [3.63, 3.8) is 0 Å². The first-order chi connectivity index (χ1) is 11.1. The summed E-state index contributed by atoms with van der Waals surface area (Å²) in [7, 11) is 1.42. The standard InChI is InChI=1S/C13H12N4O2.C4H6/c1-14-10-6-4-5-8(11(10)15-2)9-7-16-17-13(18)12(9)19-3;1-3-4-2/h4-7H,1-2H2,3H3,(H,17,18);1-2H3. The lowest BCUT2D eigenvalue weighted by molar-refractivity contribution is 0.408. The SMILES string of the molecule is C=Nc1cccc(-c2cn[nH]c(=O)c2OC)c1N=C.CC#CC. The zero-order chi connectivity index (χ0) is 17.2. The highest BCUT2D eigenvalue weighted by Gasteiger charge is 2.15. The topological polar surface area (TPSA) is 79.7 Å². The van der Waals surface area contributed by atoms with Gasteiger partial charge in [-0.15, -0.1) is 11.8 Å². The molecule has 1 aromatic heterocycles. The molecule has 6 nitrogen and oxygen atoms in total. The van der Waals surface area contributed by atoms with Crippen LogP contribution in [0.2, 0.25) is 0 Å². The maximum Gasteiger partial charge on any atom is 0.307 e. The van der Waals surface area contributed by atoms with Crippen molar-refractivity contribution in [2.75, 3.05) is 7.11 Å². The fraction of sp³-hybridized carbons (Fsp3) is 0.176. The molecule has 2 aromatic rings. The molecular weight excluding hydrogens is 292 g/mol. The number of aromatic nitrogens is 2. The predicted octanol–water partition coefficient (Wildman–Crippen LogP) is 3.14. The average Bonchev–Trinajstić information content (AvgIpc) is 2.60. The van der Waals surface area contributed by atoms with Crippen LogP contribution in [-0.2, 0) is 0 Å². The minimum Gasteiger partial charge on any atom is -0.491 e. The fourth-order valence-electron chi connectivity index (χ4n) is 1.82. The number of aliphatic imine (C=N–C) groups is 2. The van der Waals surface area contributed by atoms with Crippen LogP contribution in [-0.4, -0.2) is 30.7 Å². The van der Waals surface area contributed by atoms with Crippen LogP contribution in [0.4, 0.5) is 11.4 Å². The Labute approximate surface area is 135 Å². The first-order valence-corrected chi connectivity index (χ1v) is 6.66. The summed E-state index contributed by atoms with van der Waals surface area (Å²) in [6, 6.07) is 5.33. The minimum absolute atomic E-state index is 0.168. The number of nitrogens with one attached hydrogen (secondary N) is 1. The van der Waals surface area contributed by atoms with Crippen LogP contribution in [0.3, 0.4) is 0 Å². The largest absolute Gasteiger partial charge is 0.491 e. The van der Waals surface area contributed by atoms with Gasteiger partial charge >= 0.3 is 5.56 Å². The number of hydrogen-bond donors (Lipinski definition) is 1. The average molecular weight is 310 g/mol. The Kier molecular flexibility index (Phi) is 6.95. The molecule has 0 atom stereocenters. The van der Waals surface area contributed by atoms with Gasteiger partial charge in [0.1, 0.15) is 0 Å². The summed E-state index contributed by atoms with van der Waals surface area (Å²) in [4.78, 5) is 19.5. The van der Waals surface area contributed by atoms with Crippen LogP contribution in [0.5, 0.6) is 5.75 Å². The molecule has 0 fully saturated rings. The molecule has 6 heteroatoms. The minimum atomic E-state index is -0.410. The molecule has 1 heterocycles. The van der Waals surface area contributed by atoms with Crippen LogP contribution >= 0.6 is 0 Å². The molecule has 0 saturated carbocycles. The summed E-state index contributed by atoms with van der Waals surface area (Å²) in [5.74, 6) is 5.53. The van der Waals surface area contributed by atoms with E-state index in [1.54, 1.807) is 18.2 Å². The molecule has 0 aliphatic rings. The second-order valence-electron chi connectivity index (χ2n) is 4.14. The van der Waals surface area contributed by atoms with Crippen molar-refractivity contribution in [1.82, 2.24) is 10.2 Å². The second-order valence-corrected chi connectivity index (χ2v) is 4.14. The lowest BCUT2D eigenvalue weighted by Gasteiger charge is -2.10. The fourth-order valence-corrected chi connectivity index (χ4v) is 1.82. The molecule has 2 rings (SSSR count). The zero-order valence-corrected chi connectivity index (χ0v) is 13.4. The normalized spacial score (nSPS) is 8.83. The van der Waals surface area contributed by atoms with Gasteiger partial charge < -0.3 is 4.74 Å². The third-order valence-electron chi connectivity index (χ3n) is 2.90. The molecular formula is C17H18N4O2. The number of ether oxygens (including phenoxy) is 1. The highest BCUT2D eigenvalue weighted by Crippen LogP contribution is 2.39. The van der Waals surface area contributed by atoms with E-state index in [0.29, 0.717) is 22.5 Å². The van der Waals surface area contributed by atoms with Gasteiger partial charge in [-0.2, -0.15) is 5.10 Å². The van der Waals surface area contributed by atoms with Crippen LogP contribution in [0.25, 0.3) is 11.1 Å². The van der Waals surface area contributed by atoms with Crippen molar-refractivity contribution >= 4 is 24.8 Å². The van der Waals surface area contributed by atoms with Gasteiger partial charge in [0.15, 0.2) is 5.75 Å². The summed E-state index contributed by atoms with van der Waals surface area (Å²) in [6.07, 6.45) is 1.50. The first kappa shape index (κ1) is 17.9. The molecule has 0 radical (unpaired) electrons. The summed E-state index contributed by atoms with van der Waals surface area (Å²) in [5, 5.41) is 6.09. The summed E-state index contributed by atoms with van der Waals surface area (Å²) in [5.41, 5.74) is 1.89. The molecule has 118 valence electrons. The van der Waals surface area contributed by atoms with Crippen LogP contribution < -0.4 is 10.3 Å². The van der Waals surface area contributed by atoms with Gasteiger partial charge in [-0.3, -0.25) is 14.8 Å². The highest BCUT2D eigenvalue weighted by atomic mass is 16.5. The van der Waals surface area contributed by atoms with Gasteiger partial charge in [0.05, 0.1) is 30.2 Å². The molecule has 1 aromatic carbocycles. The molecule has 0 aliphatic carbocycles. The van der Waals surface area contributed by atoms with Crippen molar-refractivity contribution in [3.05, 3.63) is 34.7 Å². The van der Waals surface area contributed by atoms with E-state index in [-0.39, 0.29) is 5.75 Å². The number of para-hydroxylation sites is 1. The predicted molar refractivity (Wildman–Crippen MR) is 94.4 cm³/mol. The van der Waals surface area contributed by atoms with Crippen molar-refractivity contribution in [3.8, 4) is 28.7 Å². The van der Waals surface area contributed by atoms with E-state index in [0.717, 1.165) is 0 Å². The molecule has 23 heavy (non-hydrogen) atoms. The van der Waals surface area contributed by atoms with E-state index in [9.17, 15) is 4.79 Å². The third kappa shape index (κ3) is 4.14. The van der Waals surface area contributed by atoms with Gasteiger partial charge in [-0.25, -0.2) is 5.10 Å². The lowest BCUT2D eigenvalue weighted by atomic mass is 10.0. The quantitative estimate of drug-likeness (QED) is 0.696. The molecule has 0 aliphatic heterocycles. The van der Waals surface area contributed by atoms with Crippen molar-refractivity contribution in [2.45, 2.75) is 13.8 Å². The van der Waals surface area contributed by atoms with E-state index >= 15 is 0 Å². The van der Waals surface area contributed by atoms with E-state index in [4.69, 9.17) is 4.74 Å². The van der Waals surface area contributed by atoms with Gasteiger partial charge in [0.2, 0.25) is 0 Å². The number of rotatable bonds is 4. The molecule has 0 bridgehead atoms. The Morgan fingerprint density at radius 2 is 1.87 bits per heavy atom. The Balaban J connectivity index is 0.000000593. The van der Waals surface area contributed by atoms with Gasteiger partial charge in [-0.05, 0) is 33.3 Å². The van der Waals surface area contributed by atoms with Crippen LogP contribution in [0, 0.1) is 11.8 Å². The van der Waals surface area contributed by atoms with Gasteiger partial charge in [0.25, 0.3) is 0 Å². The van der Waals surface area contributed by atoms with E-state index in [1.807, 2.05) is 13.8 Å². The Bertz CT molecular complexity index is 807. The summed E-state index contributed by atoms with van der Waals surface area (Å²) < 4.78 is 5.11. The lowest BCUT2D eigenvalue weighted by Crippen LogP contribution is -2.11. The van der Waals surface area contributed by atoms with E-state index in [1.165, 1.54) is 13.3 Å². The number of methoxy groups -OCH3 is 1. The second kappa shape index (κ2) is 8.95. The van der Waals surface area contributed by atoms with Crippen molar-refractivity contribution in [2.24, 2.45) is 9.98 Å². The molecule has 0 saturated heterocycles. The zero-order valence-electron chi connectivity index (χ0n) is 13.4. The summed E-state index contributed by atoms with van der Waals surface area (Å²) >= 11 is 0. The number of H-pyrrole nitrogens is 1. The smallest absolute Gasteiger partial charge is 0.307 e. The number of hydrogen-bond acceptors (Lipinski definition) is 5. The number of aromatic amines is 1. The highest BCUT2D eigenvalue weighted by molar-refractivity contribution is 5.87. The van der Waals surface area contributed by atoms with Gasteiger partial charge in [0, 0.05) is 5.56 Å². The first-order valence-electron chi connectivity index (χ1n) is 6.66. The van der Waals surface area contributed by atoms with Crippen molar-refractivity contribution < 1.29 is 4.74 Å². The monoisotopic (exact) mass is 310 g/mol. The third-order valence-corrected chi connectivity index (χ3v) is 2.90. The van der Waals surface area contributed by atoms with Gasteiger partial charge in [-0.1, -0.05) is 12.1 Å². The molecule has 0 spiro atoms. The number of benzene rings is 1. The molecule has 1 N–H and O–H groups in total. The van der Waals surface area contributed by atoms with Crippen LogP contribution in [0.1, 0.15) is 13.8 Å². The molecule has 0 unspecified atom stereocenters. The van der Waals surface area contributed by atoms with Crippen LogP contribution in [0.15, 0.2) is 39.2 Å². The number of nitrogens with zero attached hydrogens (tertiary/aromatic N) is 3. The maximum absolute atomic E-state index is 11.7. The summed E-state index contributed by atoms with van der Waals surface area (Å²) in [6.45, 7) is 10.6. The van der Waals surface area contributed by atoms with E-state index < -0.39 is 5.56 Å². The maximum atomic E-state index is 11.7. The van der Waals surface area contributed by atoms with E-state index in [2.05, 4.69) is 45.5 Å². The van der Waals surface area contributed by atoms with Crippen molar-refractivity contribution in [1.29, 1.82) is 0 Å². The Morgan fingerprint density at radius 1 is 1.17 bits per heavy atom.